The summed E-state index contributed by atoms with van der Waals surface area (Å²) >= 11 is 0. The van der Waals surface area contributed by atoms with Gasteiger partial charge < -0.3 is 14.5 Å². The molecule has 0 unspecified atom stereocenters. The van der Waals surface area contributed by atoms with Crippen LogP contribution in [0.25, 0.3) is 0 Å². The maximum absolute atomic E-state index is 5.38. The van der Waals surface area contributed by atoms with Gasteiger partial charge in [-0.2, -0.15) is 0 Å². The largest absolute Gasteiger partial charge is 0.497 e. The standard InChI is InChI=1S/C21H34N6O/c1-7-21(4,5)27-20(22-23-24-27)19(16(2)3)26-13-11-25(12-14-26)17-9-8-10-18(15-17)28-6/h8-10,15-16,19H,7,11-14H2,1-6H3/p+1/t19-/m0/s1. The number of hydrogen-bond acceptors (Lipinski definition) is 5. The van der Waals surface area contributed by atoms with Gasteiger partial charge in [0, 0.05) is 17.7 Å². The van der Waals surface area contributed by atoms with Crippen molar-refractivity contribution in [2.75, 3.05) is 38.2 Å². The predicted octanol–water partition coefficient (Wildman–Crippen LogP) is 1.93. The van der Waals surface area contributed by atoms with Gasteiger partial charge in [-0.05, 0) is 42.8 Å². The Kier molecular flexibility index (Phi) is 6.23. The highest BCUT2D eigenvalue weighted by Crippen LogP contribution is 2.25. The molecule has 2 aromatic rings. The van der Waals surface area contributed by atoms with Gasteiger partial charge in [-0.3, -0.25) is 0 Å². The molecule has 0 bridgehead atoms. The maximum atomic E-state index is 5.38. The number of piperazine rings is 1. The Hall–Kier alpha value is -2.15. The highest BCUT2D eigenvalue weighted by Gasteiger charge is 2.37. The monoisotopic (exact) mass is 387 g/mol. The van der Waals surface area contributed by atoms with Crippen LogP contribution in [0.1, 0.15) is 52.9 Å². The van der Waals surface area contributed by atoms with Crippen LogP contribution in [0.5, 0.6) is 5.75 Å². The molecule has 28 heavy (non-hydrogen) atoms. The average molecular weight is 388 g/mol. The van der Waals surface area contributed by atoms with Crippen LogP contribution in [-0.2, 0) is 5.54 Å². The number of anilines is 1. The molecule has 7 heteroatoms. The molecule has 1 aliphatic rings. The Morgan fingerprint density at radius 1 is 1.21 bits per heavy atom. The van der Waals surface area contributed by atoms with Crippen LogP contribution in [0, 0.1) is 5.92 Å². The molecule has 0 amide bonds. The third-order valence-corrected chi connectivity index (χ3v) is 6.14. The summed E-state index contributed by atoms with van der Waals surface area (Å²) in [5.74, 6) is 2.40. The number of rotatable bonds is 7. The van der Waals surface area contributed by atoms with Gasteiger partial charge in [0.05, 0.1) is 38.8 Å². The molecule has 3 rings (SSSR count). The minimum atomic E-state index is -0.0756. The second kappa shape index (κ2) is 8.47. The highest BCUT2D eigenvalue weighted by atomic mass is 16.5. The van der Waals surface area contributed by atoms with Gasteiger partial charge in [-0.15, -0.1) is 5.10 Å². The van der Waals surface area contributed by atoms with E-state index < -0.39 is 0 Å². The molecule has 2 heterocycles. The predicted molar refractivity (Wildman–Crippen MR) is 111 cm³/mol. The lowest BCUT2D eigenvalue weighted by molar-refractivity contribution is -0.937. The molecule has 1 N–H and O–H groups in total. The summed E-state index contributed by atoms with van der Waals surface area (Å²) in [6, 6.07) is 8.64. The molecule has 0 spiro atoms. The second-order valence-corrected chi connectivity index (χ2v) is 8.68. The molecular formula is C21H35N6O+. The van der Waals surface area contributed by atoms with Crippen molar-refractivity contribution in [3.8, 4) is 5.75 Å². The van der Waals surface area contributed by atoms with Crippen LogP contribution in [0.4, 0.5) is 5.69 Å². The normalized spacial score (nSPS) is 17.2. The van der Waals surface area contributed by atoms with Crippen molar-refractivity contribution >= 4 is 5.69 Å². The van der Waals surface area contributed by atoms with Crippen LogP contribution in [-0.4, -0.2) is 53.5 Å². The molecule has 7 nitrogen and oxygen atoms in total. The zero-order valence-corrected chi connectivity index (χ0v) is 18.1. The molecular weight excluding hydrogens is 352 g/mol. The summed E-state index contributed by atoms with van der Waals surface area (Å²) in [6.07, 6.45) is 0.995. The van der Waals surface area contributed by atoms with Crippen molar-refractivity contribution in [2.45, 2.75) is 52.6 Å². The Labute approximate surface area is 168 Å². The van der Waals surface area contributed by atoms with E-state index in [9.17, 15) is 0 Å². The molecule has 1 aliphatic heterocycles. The Balaban J connectivity index is 1.77. The lowest BCUT2D eigenvalue weighted by atomic mass is 9.97. The van der Waals surface area contributed by atoms with E-state index >= 15 is 0 Å². The molecule has 1 aromatic carbocycles. The third-order valence-electron chi connectivity index (χ3n) is 6.14. The quantitative estimate of drug-likeness (QED) is 0.787. The first-order chi connectivity index (χ1) is 13.4. The van der Waals surface area contributed by atoms with Crippen molar-refractivity contribution in [3.63, 3.8) is 0 Å². The van der Waals surface area contributed by atoms with Crippen LogP contribution in [0.2, 0.25) is 0 Å². The minimum absolute atomic E-state index is 0.0756. The number of benzene rings is 1. The van der Waals surface area contributed by atoms with E-state index in [2.05, 4.69) is 77.9 Å². The molecule has 1 saturated heterocycles. The second-order valence-electron chi connectivity index (χ2n) is 8.68. The first kappa shape index (κ1) is 20.6. The SMILES string of the molecule is CCC(C)(C)n1nnnc1[C@H](C(C)C)[NH+]1CCN(c2cccc(OC)c2)CC1. The van der Waals surface area contributed by atoms with Crippen molar-refractivity contribution in [1.82, 2.24) is 20.2 Å². The van der Waals surface area contributed by atoms with E-state index in [0.29, 0.717) is 12.0 Å². The van der Waals surface area contributed by atoms with Crippen LogP contribution in [0.3, 0.4) is 0 Å². The lowest BCUT2D eigenvalue weighted by Crippen LogP contribution is -3.15. The third kappa shape index (κ3) is 4.14. The van der Waals surface area contributed by atoms with Gasteiger partial charge in [0.1, 0.15) is 5.75 Å². The molecule has 1 atom stereocenters. The van der Waals surface area contributed by atoms with Crippen molar-refractivity contribution in [1.29, 1.82) is 0 Å². The number of nitrogens with one attached hydrogen (secondary N) is 1. The fourth-order valence-electron chi connectivity index (χ4n) is 4.09. The van der Waals surface area contributed by atoms with E-state index in [0.717, 1.165) is 44.2 Å². The zero-order chi connectivity index (χ0) is 20.3. The zero-order valence-electron chi connectivity index (χ0n) is 18.1. The molecule has 154 valence electrons. The maximum Gasteiger partial charge on any atom is 0.210 e. The van der Waals surface area contributed by atoms with E-state index in [1.54, 1.807) is 12.0 Å². The van der Waals surface area contributed by atoms with Crippen molar-refractivity contribution < 1.29 is 9.64 Å². The number of hydrogen-bond donors (Lipinski definition) is 1. The Bertz CT molecular complexity index is 764. The number of ether oxygens (including phenoxy) is 1. The van der Waals surface area contributed by atoms with E-state index in [-0.39, 0.29) is 5.54 Å². The topological polar surface area (TPSA) is 60.5 Å². The minimum Gasteiger partial charge on any atom is -0.497 e. The van der Waals surface area contributed by atoms with Gasteiger partial charge in [-0.1, -0.05) is 26.8 Å². The van der Waals surface area contributed by atoms with Crippen LogP contribution >= 0.6 is 0 Å². The number of aromatic nitrogens is 4. The number of methoxy groups -OCH3 is 1. The summed E-state index contributed by atoms with van der Waals surface area (Å²) in [4.78, 5) is 4.01. The Morgan fingerprint density at radius 3 is 2.54 bits per heavy atom. The fourth-order valence-corrected chi connectivity index (χ4v) is 4.09. The highest BCUT2D eigenvalue weighted by molar-refractivity contribution is 5.50. The summed E-state index contributed by atoms with van der Waals surface area (Å²) < 4.78 is 7.44. The first-order valence-corrected chi connectivity index (χ1v) is 10.4. The smallest absolute Gasteiger partial charge is 0.210 e. The van der Waals surface area contributed by atoms with Crippen molar-refractivity contribution in [2.24, 2.45) is 5.92 Å². The Morgan fingerprint density at radius 2 is 1.93 bits per heavy atom. The van der Waals surface area contributed by atoms with Gasteiger partial charge >= 0.3 is 0 Å². The fraction of sp³-hybridized carbons (Fsp3) is 0.667. The molecule has 0 aliphatic carbocycles. The summed E-state index contributed by atoms with van der Waals surface area (Å²) in [5, 5.41) is 12.9. The van der Waals surface area contributed by atoms with E-state index in [4.69, 9.17) is 4.74 Å². The van der Waals surface area contributed by atoms with E-state index in [1.807, 2.05) is 6.07 Å². The molecule has 0 radical (unpaired) electrons. The van der Waals surface area contributed by atoms with Gasteiger partial charge in [-0.25, -0.2) is 4.68 Å². The lowest BCUT2D eigenvalue weighted by Gasteiger charge is -2.39. The molecule has 1 fully saturated rings. The summed E-state index contributed by atoms with van der Waals surface area (Å²) in [6.45, 7) is 15.3. The number of nitrogens with zero attached hydrogens (tertiary/aromatic N) is 5. The molecule has 0 saturated carbocycles. The van der Waals surface area contributed by atoms with Gasteiger partial charge in [0.15, 0.2) is 6.04 Å². The number of quaternary nitrogens is 1. The summed E-state index contributed by atoms with van der Waals surface area (Å²) in [5.41, 5.74) is 1.16. The first-order valence-electron chi connectivity index (χ1n) is 10.4. The summed E-state index contributed by atoms with van der Waals surface area (Å²) in [7, 11) is 1.72. The van der Waals surface area contributed by atoms with Gasteiger partial charge in [0.25, 0.3) is 0 Å². The van der Waals surface area contributed by atoms with Crippen molar-refractivity contribution in [3.05, 3.63) is 30.1 Å². The van der Waals surface area contributed by atoms with Crippen LogP contribution < -0.4 is 14.5 Å². The number of tetrazole rings is 1. The van der Waals surface area contributed by atoms with Gasteiger partial charge in [0.2, 0.25) is 5.82 Å². The van der Waals surface area contributed by atoms with Crippen LogP contribution in [0.15, 0.2) is 24.3 Å². The molecule has 1 aromatic heterocycles. The average Bonchev–Trinajstić information content (AvgIpc) is 3.18. The van der Waals surface area contributed by atoms with E-state index in [1.165, 1.54) is 5.69 Å².